The third-order valence-corrected chi connectivity index (χ3v) is 4.94. The maximum absolute atomic E-state index is 12.3. The fourth-order valence-corrected chi connectivity index (χ4v) is 2.84. The molecule has 1 heterocycles. The SMILES string of the molecule is CN(Cc1nnnn1C)S(=O)(=O)c1ccc(Br)cc1. The van der Waals surface area contributed by atoms with E-state index < -0.39 is 10.0 Å². The number of rotatable bonds is 4. The van der Waals surface area contributed by atoms with Crippen LogP contribution >= 0.6 is 15.9 Å². The van der Waals surface area contributed by atoms with E-state index >= 15 is 0 Å². The van der Waals surface area contributed by atoms with Crippen molar-refractivity contribution in [2.24, 2.45) is 7.05 Å². The number of hydrogen-bond donors (Lipinski definition) is 0. The Morgan fingerprint density at radius 2 is 1.95 bits per heavy atom. The molecule has 9 heteroatoms. The molecule has 0 unspecified atom stereocenters. The molecule has 0 atom stereocenters. The average Bonchev–Trinajstić information content (AvgIpc) is 2.75. The summed E-state index contributed by atoms with van der Waals surface area (Å²) >= 11 is 3.27. The largest absolute Gasteiger partial charge is 0.243 e. The van der Waals surface area contributed by atoms with Gasteiger partial charge in [-0.1, -0.05) is 15.9 Å². The third-order valence-electron chi connectivity index (χ3n) is 2.59. The van der Waals surface area contributed by atoms with E-state index in [-0.39, 0.29) is 11.4 Å². The number of sulfonamides is 1. The predicted octanol–water partition coefficient (Wildman–Crippen LogP) is 0.793. The van der Waals surface area contributed by atoms with Crippen LogP contribution in [-0.4, -0.2) is 40.0 Å². The lowest BCUT2D eigenvalue weighted by atomic mass is 10.4. The normalized spacial score (nSPS) is 12.0. The summed E-state index contributed by atoms with van der Waals surface area (Å²) in [5.41, 5.74) is 0. The second-order valence-electron chi connectivity index (χ2n) is 3.93. The van der Waals surface area contributed by atoms with Gasteiger partial charge in [-0.3, -0.25) is 0 Å². The summed E-state index contributed by atoms with van der Waals surface area (Å²) < 4.78 is 28.1. The number of tetrazole rings is 1. The maximum atomic E-state index is 12.3. The van der Waals surface area contributed by atoms with Crippen LogP contribution < -0.4 is 0 Å². The van der Waals surface area contributed by atoms with Crippen molar-refractivity contribution in [3.05, 3.63) is 34.6 Å². The lowest BCUT2D eigenvalue weighted by Crippen LogP contribution is -2.27. The van der Waals surface area contributed by atoms with Crippen LogP contribution in [0.5, 0.6) is 0 Å². The molecular weight excluding hydrogens is 334 g/mol. The highest BCUT2D eigenvalue weighted by Gasteiger charge is 2.22. The zero-order valence-corrected chi connectivity index (χ0v) is 12.8. The molecular formula is C10H12BrN5O2S. The monoisotopic (exact) mass is 345 g/mol. The van der Waals surface area contributed by atoms with Crippen LogP contribution in [0.1, 0.15) is 5.82 Å². The van der Waals surface area contributed by atoms with Crippen LogP contribution in [0.15, 0.2) is 33.6 Å². The van der Waals surface area contributed by atoms with Crippen LogP contribution in [0.2, 0.25) is 0 Å². The van der Waals surface area contributed by atoms with E-state index in [2.05, 4.69) is 31.5 Å². The quantitative estimate of drug-likeness (QED) is 0.818. The predicted molar refractivity (Wildman–Crippen MR) is 71.6 cm³/mol. The minimum atomic E-state index is -3.54. The molecule has 19 heavy (non-hydrogen) atoms. The molecule has 2 rings (SSSR count). The molecule has 0 fully saturated rings. The number of benzene rings is 1. The molecule has 0 aliphatic rings. The van der Waals surface area contributed by atoms with Crippen LogP contribution in [-0.2, 0) is 23.6 Å². The second kappa shape index (κ2) is 5.35. The van der Waals surface area contributed by atoms with Crippen molar-refractivity contribution in [1.82, 2.24) is 24.5 Å². The molecule has 0 N–H and O–H groups in total. The van der Waals surface area contributed by atoms with Crippen LogP contribution in [0.3, 0.4) is 0 Å². The summed E-state index contributed by atoms with van der Waals surface area (Å²) in [5.74, 6) is 0.475. The van der Waals surface area contributed by atoms with E-state index in [1.165, 1.54) is 16.0 Å². The van der Waals surface area contributed by atoms with Crippen LogP contribution in [0.25, 0.3) is 0 Å². The van der Waals surface area contributed by atoms with E-state index in [1.54, 1.807) is 31.3 Å². The van der Waals surface area contributed by atoms with E-state index in [0.717, 1.165) is 4.47 Å². The van der Waals surface area contributed by atoms with Gasteiger partial charge in [0.15, 0.2) is 5.82 Å². The number of halogens is 1. The molecule has 1 aromatic carbocycles. The molecule has 1 aromatic heterocycles. The molecule has 7 nitrogen and oxygen atoms in total. The number of hydrogen-bond acceptors (Lipinski definition) is 5. The Balaban J connectivity index is 2.24. The molecule has 2 aromatic rings. The highest BCUT2D eigenvalue weighted by Crippen LogP contribution is 2.18. The van der Waals surface area contributed by atoms with Crippen molar-refractivity contribution < 1.29 is 8.42 Å². The van der Waals surface area contributed by atoms with Crippen molar-refractivity contribution in [3.8, 4) is 0 Å². The fraction of sp³-hybridized carbons (Fsp3) is 0.300. The first-order valence-electron chi connectivity index (χ1n) is 5.34. The summed E-state index contributed by atoms with van der Waals surface area (Å²) in [6, 6.07) is 6.46. The topological polar surface area (TPSA) is 81.0 Å². The average molecular weight is 346 g/mol. The Hall–Kier alpha value is -1.32. The minimum Gasteiger partial charge on any atom is -0.231 e. The Morgan fingerprint density at radius 3 is 2.47 bits per heavy atom. The summed E-state index contributed by atoms with van der Waals surface area (Å²) in [6.07, 6.45) is 0. The standard InChI is InChI=1S/C10H12BrN5O2S/c1-15(7-10-12-13-14-16(10)2)19(17,18)9-5-3-8(11)4-6-9/h3-6H,7H2,1-2H3. The van der Waals surface area contributed by atoms with Crippen LogP contribution in [0, 0.1) is 0 Å². The van der Waals surface area contributed by atoms with Crippen molar-refractivity contribution >= 4 is 26.0 Å². The molecule has 0 aliphatic heterocycles. The van der Waals surface area contributed by atoms with Crippen LogP contribution in [0.4, 0.5) is 0 Å². The van der Waals surface area contributed by atoms with Gasteiger partial charge in [0.2, 0.25) is 10.0 Å². The Kier molecular flexibility index (Phi) is 3.97. The number of aromatic nitrogens is 4. The van der Waals surface area contributed by atoms with Gasteiger partial charge in [0.05, 0.1) is 11.4 Å². The van der Waals surface area contributed by atoms with Crippen molar-refractivity contribution in [2.45, 2.75) is 11.4 Å². The summed E-state index contributed by atoms with van der Waals surface area (Å²) in [4.78, 5) is 0.230. The summed E-state index contributed by atoms with van der Waals surface area (Å²) in [6.45, 7) is 0.113. The highest BCUT2D eigenvalue weighted by atomic mass is 79.9. The van der Waals surface area contributed by atoms with E-state index in [4.69, 9.17) is 0 Å². The van der Waals surface area contributed by atoms with E-state index in [1.807, 2.05) is 0 Å². The summed E-state index contributed by atoms with van der Waals surface area (Å²) in [7, 11) is -0.391. The lowest BCUT2D eigenvalue weighted by molar-refractivity contribution is 0.447. The fourth-order valence-electron chi connectivity index (χ4n) is 1.45. The highest BCUT2D eigenvalue weighted by molar-refractivity contribution is 9.10. The molecule has 0 spiro atoms. The third kappa shape index (κ3) is 2.99. The van der Waals surface area contributed by atoms with Crippen molar-refractivity contribution in [2.75, 3.05) is 7.05 Å². The molecule has 0 radical (unpaired) electrons. The first-order chi connectivity index (χ1) is 8.91. The van der Waals surface area contributed by atoms with Gasteiger partial charge in [0, 0.05) is 18.6 Å². The molecule has 0 saturated heterocycles. The molecule has 0 aliphatic carbocycles. The lowest BCUT2D eigenvalue weighted by Gasteiger charge is -2.16. The van der Waals surface area contributed by atoms with Crippen molar-refractivity contribution in [3.63, 3.8) is 0 Å². The van der Waals surface area contributed by atoms with Gasteiger partial charge < -0.3 is 0 Å². The van der Waals surface area contributed by atoms with Gasteiger partial charge in [-0.2, -0.15) is 4.31 Å². The minimum absolute atomic E-state index is 0.113. The van der Waals surface area contributed by atoms with Gasteiger partial charge in [0.1, 0.15) is 0 Å². The van der Waals surface area contributed by atoms with Gasteiger partial charge in [0.25, 0.3) is 0 Å². The Labute approximate surface area is 119 Å². The van der Waals surface area contributed by atoms with E-state index in [0.29, 0.717) is 5.82 Å². The molecule has 0 bridgehead atoms. The number of aryl methyl sites for hydroxylation is 1. The number of nitrogens with zero attached hydrogens (tertiary/aromatic N) is 5. The van der Waals surface area contributed by atoms with Gasteiger partial charge in [-0.15, -0.1) is 5.10 Å². The Morgan fingerprint density at radius 1 is 1.32 bits per heavy atom. The van der Waals surface area contributed by atoms with Gasteiger partial charge >= 0.3 is 0 Å². The zero-order valence-electron chi connectivity index (χ0n) is 10.4. The first-order valence-corrected chi connectivity index (χ1v) is 7.57. The van der Waals surface area contributed by atoms with E-state index in [9.17, 15) is 8.42 Å². The van der Waals surface area contributed by atoms with Crippen molar-refractivity contribution in [1.29, 1.82) is 0 Å². The maximum Gasteiger partial charge on any atom is 0.243 e. The van der Waals surface area contributed by atoms with Gasteiger partial charge in [-0.05, 0) is 34.7 Å². The van der Waals surface area contributed by atoms with Gasteiger partial charge in [-0.25, -0.2) is 13.1 Å². The Bertz CT molecular complexity index is 667. The first kappa shape index (κ1) is 14.1. The molecule has 0 amide bonds. The smallest absolute Gasteiger partial charge is 0.231 e. The summed E-state index contributed by atoms with van der Waals surface area (Å²) in [5, 5.41) is 10.9. The molecule has 0 saturated carbocycles. The zero-order chi connectivity index (χ0) is 14.0. The molecule has 102 valence electrons. The second-order valence-corrected chi connectivity index (χ2v) is 6.89.